The van der Waals surface area contributed by atoms with Crippen molar-refractivity contribution in [3.63, 3.8) is 0 Å². The summed E-state index contributed by atoms with van der Waals surface area (Å²) in [7, 11) is 0. The smallest absolute Gasteiger partial charge is 0.322 e. The Kier molecular flexibility index (Phi) is 5.46. The van der Waals surface area contributed by atoms with Crippen LogP contribution < -0.4 is 20.7 Å². The largest absolute Gasteiger partial charge is 0.482 e. The van der Waals surface area contributed by atoms with E-state index in [1.165, 1.54) is 6.07 Å². The predicted molar refractivity (Wildman–Crippen MR) is 80.0 cm³/mol. The fraction of sp³-hybridized carbons (Fsp3) is 0.308. The molecule has 2 rings (SSSR count). The van der Waals surface area contributed by atoms with Gasteiger partial charge in [-0.2, -0.15) is 0 Å². The summed E-state index contributed by atoms with van der Waals surface area (Å²) in [5.41, 5.74) is 0. The lowest BCUT2D eigenvalue weighted by Crippen LogP contribution is -2.36. The van der Waals surface area contributed by atoms with Crippen molar-refractivity contribution in [2.75, 3.05) is 13.2 Å². The van der Waals surface area contributed by atoms with E-state index in [4.69, 9.17) is 27.9 Å². The quantitative estimate of drug-likeness (QED) is 0.672. The van der Waals surface area contributed by atoms with Crippen LogP contribution in [0.25, 0.3) is 0 Å². The highest BCUT2D eigenvalue weighted by Crippen LogP contribution is 2.27. The van der Waals surface area contributed by atoms with Gasteiger partial charge >= 0.3 is 6.03 Å². The minimum atomic E-state index is -0.626. The first-order valence-corrected chi connectivity index (χ1v) is 7.17. The second kappa shape index (κ2) is 7.33. The molecule has 1 aromatic rings. The van der Waals surface area contributed by atoms with Crippen molar-refractivity contribution in [2.24, 2.45) is 0 Å². The molecular weight excluding hydrogens is 333 g/mol. The Bertz CT molecular complexity index is 609. The molecule has 7 nitrogen and oxygen atoms in total. The Labute approximate surface area is 136 Å². The van der Waals surface area contributed by atoms with Crippen LogP contribution in [0.4, 0.5) is 4.79 Å². The Morgan fingerprint density at radius 1 is 1.32 bits per heavy atom. The van der Waals surface area contributed by atoms with Gasteiger partial charge in [0.1, 0.15) is 11.8 Å². The number of ether oxygens (including phenoxy) is 1. The molecule has 22 heavy (non-hydrogen) atoms. The zero-order valence-corrected chi connectivity index (χ0v) is 12.8. The summed E-state index contributed by atoms with van der Waals surface area (Å²) in [6, 6.07) is 3.53. The fourth-order valence-electron chi connectivity index (χ4n) is 1.80. The molecule has 0 saturated carbocycles. The van der Waals surface area contributed by atoms with Gasteiger partial charge < -0.3 is 15.4 Å². The molecule has 4 amide bonds. The van der Waals surface area contributed by atoms with Crippen LogP contribution in [0.5, 0.6) is 5.75 Å². The lowest BCUT2D eigenvalue weighted by atomic mass is 10.2. The maximum Gasteiger partial charge on any atom is 0.322 e. The average molecular weight is 346 g/mol. The van der Waals surface area contributed by atoms with Crippen molar-refractivity contribution in [1.29, 1.82) is 0 Å². The lowest BCUT2D eigenvalue weighted by Gasteiger charge is -2.10. The van der Waals surface area contributed by atoms with Gasteiger partial charge in [0.15, 0.2) is 6.61 Å². The van der Waals surface area contributed by atoms with E-state index in [2.05, 4.69) is 16.0 Å². The molecule has 0 aliphatic carbocycles. The number of benzene rings is 1. The molecule has 1 fully saturated rings. The number of nitrogens with one attached hydrogen (secondary N) is 3. The summed E-state index contributed by atoms with van der Waals surface area (Å²) in [6.07, 6.45) is 0.297. The topological polar surface area (TPSA) is 96.5 Å². The molecule has 1 aliphatic rings. The third-order valence-electron chi connectivity index (χ3n) is 2.87. The van der Waals surface area contributed by atoms with Crippen LogP contribution in [0, 0.1) is 0 Å². The highest BCUT2D eigenvalue weighted by atomic mass is 35.5. The molecule has 0 bridgehead atoms. The van der Waals surface area contributed by atoms with E-state index < -0.39 is 18.0 Å². The molecule has 9 heteroatoms. The summed E-state index contributed by atoms with van der Waals surface area (Å²) in [6.45, 7) is 0.0134. The fourth-order valence-corrected chi connectivity index (χ4v) is 2.27. The van der Waals surface area contributed by atoms with Crippen molar-refractivity contribution >= 4 is 41.0 Å². The molecule has 3 N–H and O–H groups in total. The number of amides is 4. The zero-order chi connectivity index (χ0) is 16.1. The number of carbonyl (C=O) groups is 3. The molecule has 118 valence electrons. The molecule has 1 aliphatic heterocycles. The second-order valence-electron chi connectivity index (χ2n) is 4.52. The molecule has 0 radical (unpaired) electrons. The number of hydrogen-bond acceptors (Lipinski definition) is 4. The molecule has 1 unspecified atom stereocenters. The van der Waals surface area contributed by atoms with Crippen LogP contribution in [0.15, 0.2) is 18.2 Å². The molecule has 1 aromatic carbocycles. The maximum absolute atomic E-state index is 11.6. The standard InChI is InChI=1S/C13H13Cl2N3O4/c14-7-1-2-10(8(15)5-7)22-6-11(19)16-4-3-9-12(20)18-13(21)17-9/h1-2,5,9H,3-4,6H2,(H,16,19)(H2,17,18,20,21). The minimum Gasteiger partial charge on any atom is -0.482 e. The van der Waals surface area contributed by atoms with Gasteiger partial charge in [-0.05, 0) is 24.6 Å². The van der Waals surface area contributed by atoms with Gasteiger partial charge in [-0.3, -0.25) is 14.9 Å². The van der Waals surface area contributed by atoms with E-state index >= 15 is 0 Å². The first-order chi connectivity index (χ1) is 10.5. The monoisotopic (exact) mass is 345 g/mol. The van der Waals surface area contributed by atoms with Crippen molar-refractivity contribution in [2.45, 2.75) is 12.5 Å². The van der Waals surface area contributed by atoms with E-state index in [-0.39, 0.29) is 19.1 Å². The van der Waals surface area contributed by atoms with Crippen molar-refractivity contribution in [3.05, 3.63) is 28.2 Å². The summed E-state index contributed by atoms with van der Waals surface area (Å²) >= 11 is 11.7. The highest BCUT2D eigenvalue weighted by Gasteiger charge is 2.28. The highest BCUT2D eigenvalue weighted by molar-refractivity contribution is 6.35. The number of rotatable bonds is 6. The van der Waals surface area contributed by atoms with Crippen LogP contribution >= 0.6 is 23.2 Å². The molecule has 0 aromatic heterocycles. The molecule has 1 heterocycles. The molecule has 0 spiro atoms. The molecule has 1 saturated heterocycles. The van der Waals surface area contributed by atoms with Gasteiger partial charge in [0, 0.05) is 11.6 Å². The van der Waals surface area contributed by atoms with E-state index in [1.807, 2.05) is 0 Å². The number of imide groups is 1. The molecule has 1 atom stereocenters. The van der Waals surface area contributed by atoms with Gasteiger partial charge in [-0.25, -0.2) is 4.79 Å². The second-order valence-corrected chi connectivity index (χ2v) is 5.36. The average Bonchev–Trinajstić information content (AvgIpc) is 2.76. The number of urea groups is 1. The van der Waals surface area contributed by atoms with Crippen LogP contribution in [-0.2, 0) is 9.59 Å². The Balaban J connectivity index is 1.70. The van der Waals surface area contributed by atoms with Gasteiger partial charge in [-0.15, -0.1) is 0 Å². The van der Waals surface area contributed by atoms with Crippen molar-refractivity contribution in [3.8, 4) is 5.75 Å². The normalized spacial score (nSPS) is 16.9. The Morgan fingerprint density at radius 3 is 2.73 bits per heavy atom. The third kappa shape index (κ3) is 4.51. The minimum absolute atomic E-state index is 0.218. The summed E-state index contributed by atoms with van der Waals surface area (Å²) in [5, 5.41) is 7.91. The van der Waals surface area contributed by atoms with E-state index in [0.717, 1.165) is 0 Å². The third-order valence-corrected chi connectivity index (χ3v) is 3.40. The van der Waals surface area contributed by atoms with Crippen molar-refractivity contribution < 1.29 is 19.1 Å². The van der Waals surface area contributed by atoms with Crippen LogP contribution in [0.2, 0.25) is 10.0 Å². The van der Waals surface area contributed by atoms with Gasteiger partial charge in [0.05, 0.1) is 5.02 Å². The predicted octanol–water partition coefficient (Wildman–Crippen LogP) is 1.09. The number of carbonyl (C=O) groups excluding carboxylic acids is 3. The van der Waals surface area contributed by atoms with E-state index in [9.17, 15) is 14.4 Å². The summed E-state index contributed by atoms with van der Waals surface area (Å²) in [4.78, 5) is 33.8. The Morgan fingerprint density at radius 2 is 2.09 bits per heavy atom. The number of halogens is 2. The summed E-state index contributed by atoms with van der Waals surface area (Å²) in [5.74, 6) is -0.414. The first kappa shape index (κ1) is 16.4. The Hall–Kier alpha value is -1.99. The van der Waals surface area contributed by atoms with Crippen molar-refractivity contribution in [1.82, 2.24) is 16.0 Å². The van der Waals surface area contributed by atoms with Gasteiger partial charge in [-0.1, -0.05) is 23.2 Å². The van der Waals surface area contributed by atoms with Gasteiger partial charge in [0.2, 0.25) is 0 Å². The first-order valence-electron chi connectivity index (χ1n) is 6.41. The maximum atomic E-state index is 11.6. The number of hydrogen-bond donors (Lipinski definition) is 3. The van der Waals surface area contributed by atoms with E-state index in [1.54, 1.807) is 12.1 Å². The summed E-state index contributed by atoms with van der Waals surface area (Å²) < 4.78 is 5.26. The van der Waals surface area contributed by atoms with Crippen LogP contribution in [0.3, 0.4) is 0 Å². The van der Waals surface area contributed by atoms with E-state index in [0.29, 0.717) is 22.2 Å². The molecular formula is C13H13Cl2N3O4. The SMILES string of the molecule is O=C(COc1ccc(Cl)cc1Cl)NCCC1NC(=O)NC1=O. The lowest BCUT2D eigenvalue weighted by molar-refractivity contribution is -0.124. The zero-order valence-electron chi connectivity index (χ0n) is 11.3. The van der Waals surface area contributed by atoms with Crippen LogP contribution in [0.1, 0.15) is 6.42 Å². The van der Waals surface area contributed by atoms with Gasteiger partial charge in [0.25, 0.3) is 11.8 Å². The van der Waals surface area contributed by atoms with Crippen LogP contribution in [-0.4, -0.2) is 37.0 Å².